The molecule has 0 saturated heterocycles. The van der Waals surface area contributed by atoms with Crippen molar-refractivity contribution in [2.24, 2.45) is 23.7 Å². The van der Waals surface area contributed by atoms with Crippen molar-refractivity contribution in [2.45, 2.75) is 156 Å². The van der Waals surface area contributed by atoms with Crippen molar-refractivity contribution in [3.05, 3.63) is 25.3 Å². The molecule has 0 aromatic heterocycles. The molecule has 0 rings (SSSR count). The lowest BCUT2D eigenvalue weighted by atomic mass is 9.97. The summed E-state index contributed by atoms with van der Waals surface area (Å²) in [5.41, 5.74) is 0. The number of carboxylic acids is 1. The van der Waals surface area contributed by atoms with Crippen LogP contribution in [0.3, 0.4) is 0 Å². The van der Waals surface area contributed by atoms with Crippen LogP contribution in [-0.2, 0) is 38.3 Å². The summed E-state index contributed by atoms with van der Waals surface area (Å²) < 4.78 is 5.55. The molecule has 15 heteroatoms. The van der Waals surface area contributed by atoms with E-state index >= 15 is 0 Å². The lowest BCUT2D eigenvalue weighted by molar-refractivity contribution is -0.138. The van der Waals surface area contributed by atoms with Gasteiger partial charge in [0.1, 0.15) is 0 Å². The number of hydrogen-bond donors (Lipinski definition) is 7. The van der Waals surface area contributed by atoms with Gasteiger partial charge in [0.25, 0.3) is 0 Å². The summed E-state index contributed by atoms with van der Waals surface area (Å²) in [5, 5.41) is 26.5. The number of aliphatic carboxylic acids is 1. The highest BCUT2D eigenvalue weighted by Gasteiger charge is 2.27. The van der Waals surface area contributed by atoms with Crippen LogP contribution >= 0.6 is 0 Å². The minimum Gasteiger partial charge on any atom is -0.481 e. The van der Waals surface area contributed by atoms with Crippen LogP contribution in [0.2, 0.25) is 0 Å². The lowest BCUT2D eigenvalue weighted by Gasteiger charge is -2.27. The Balaban J connectivity index is 5.59. The molecule has 0 fully saturated rings. The van der Waals surface area contributed by atoms with Gasteiger partial charge in [-0.1, -0.05) is 67.5 Å². The maximum atomic E-state index is 13.4. The fourth-order valence-electron chi connectivity index (χ4n) is 6.23. The van der Waals surface area contributed by atoms with E-state index in [4.69, 9.17) is 4.74 Å². The minimum atomic E-state index is -1.02. The van der Waals surface area contributed by atoms with Gasteiger partial charge in [0.15, 0.2) is 0 Å². The molecule has 56 heavy (non-hydrogen) atoms. The largest absolute Gasteiger partial charge is 0.481 e. The molecule has 320 valence electrons. The van der Waals surface area contributed by atoms with Crippen LogP contribution in [-0.4, -0.2) is 96.0 Å². The molecule has 0 saturated carbocycles. The second-order valence-electron chi connectivity index (χ2n) is 16.3. The van der Waals surface area contributed by atoms with Crippen LogP contribution in [0.5, 0.6) is 0 Å². The van der Waals surface area contributed by atoms with Crippen LogP contribution in [0.15, 0.2) is 25.3 Å². The number of carboxylic acid groups (broad SMARTS) is 1. The molecule has 0 aromatic carbocycles. The van der Waals surface area contributed by atoms with E-state index in [1.165, 1.54) is 6.92 Å². The molecule has 15 nitrogen and oxygen atoms in total. The smallest absolute Gasteiger partial charge is 0.305 e. The highest BCUT2D eigenvalue weighted by molar-refractivity contribution is 5.83. The van der Waals surface area contributed by atoms with Crippen LogP contribution in [0.25, 0.3) is 0 Å². The van der Waals surface area contributed by atoms with Crippen LogP contribution in [0.1, 0.15) is 120 Å². The summed E-state index contributed by atoms with van der Waals surface area (Å²) in [7, 11) is 0. The molecule has 6 amide bonds. The van der Waals surface area contributed by atoms with Crippen molar-refractivity contribution in [3.8, 4) is 0 Å². The van der Waals surface area contributed by atoms with Gasteiger partial charge in [0.05, 0.1) is 25.7 Å². The number of carbonyl (C=O) groups excluding carboxylic acids is 6. The standard InChI is InChI=1S/C41H72N6O9/c1-12-14-30(43-39(52)22-34(27(7)8)42-29(11)48)18-36(49)44-31(16-25(3)4)19-38(51)47-35(28(9)10)23-40(53)46-33(24-56-15-13-2)20-37(50)45-32(17-26(5)6)21-41(54)55/h12-13,25-28,30-35H,1-2,14-24H2,3-11H3,(H,42,48)(H,43,52)(H,44,49)(H,45,50)(H,46,53)(H,47,51)(H,54,55)/t30?,31-,32+,33+,34+,35+/m0/s1. The normalized spacial score (nSPS) is 14.5. The van der Waals surface area contributed by atoms with Crippen molar-refractivity contribution < 1.29 is 43.4 Å². The zero-order valence-electron chi connectivity index (χ0n) is 35.3. The van der Waals surface area contributed by atoms with E-state index < -0.39 is 48.0 Å². The Morgan fingerprint density at radius 2 is 0.929 bits per heavy atom. The van der Waals surface area contributed by atoms with Gasteiger partial charge in [-0.05, 0) is 42.9 Å². The molecular formula is C41H72N6O9. The van der Waals surface area contributed by atoms with Gasteiger partial charge in [0.2, 0.25) is 35.4 Å². The lowest BCUT2D eigenvalue weighted by Crippen LogP contribution is -2.49. The van der Waals surface area contributed by atoms with E-state index in [-0.39, 0.29) is 105 Å². The van der Waals surface area contributed by atoms with Crippen molar-refractivity contribution >= 4 is 41.4 Å². The quantitative estimate of drug-likeness (QED) is 0.0417. The van der Waals surface area contributed by atoms with Gasteiger partial charge in [0, 0.05) is 69.2 Å². The number of ether oxygens (including phenoxy) is 1. The van der Waals surface area contributed by atoms with Gasteiger partial charge in [-0.3, -0.25) is 33.6 Å². The van der Waals surface area contributed by atoms with E-state index in [0.29, 0.717) is 19.3 Å². The predicted molar refractivity (Wildman–Crippen MR) is 217 cm³/mol. The Hall–Kier alpha value is -4.27. The molecular weight excluding hydrogens is 720 g/mol. The average Bonchev–Trinajstić information content (AvgIpc) is 3.02. The van der Waals surface area contributed by atoms with Crippen LogP contribution in [0.4, 0.5) is 0 Å². The molecule has 0 aliphatic rings. The zero-order valence-corrected chi connectivity index (χ0v) is 35.3. The molecule has 0 aliphatic carbocycles. The third-order valence-corrected chi connectivity index (χ3v) is 8.85. The van der Waals surface area contributed by atoms with E-state index in [1.807, 2.05) is 55.4 Å². The first-order valence-electron chi connectivity index (χ1n) is 19.9. The molecule has 0 bridgehead atoms. The fraction of sp³-hybridized carbons (Fsp3) is 0.732. The summed E-state index contributed by atoms with van der Waals surface area (Å²) in [6.45, 7) is 24.4. The molecule has 0 aliphatic heterocycles. The zero-order chi connectivity index (χ0) is 43.0. The molecule has 6 atom stereocenters. The number of hydrogen-bond acceptors (Lipinski definition) is 8. The monoisotopic (exact) mass is 793 g/mol. The molecule has 0 spiro atoms. The Bertz CT molecular complexity index is 1290. The highest BCUT2D eigenvalue weighted by atomic mass is 16.5. The second-order valence-corrected chi connectivity index (χ2v) is 16.3. The highest BCUT2D eigenvalue weighted by Crippen LogP contribution is 2.14. The first kappa shape index (κ1) is 51.7. The Morgan fingerprint density at radius 3 is 1.36 bits per heavy atom. The van der Waals surface area contributed by atoms with Crippen molar-refractivity contribution in [1.82, 2.24) is 31.9 Å². The number of amides is 6. The SMILES string of the molecule is C=CCOC[C@@H](CC(=O)N[C@@H](CC(=O)O)CC(C)C)NC(=O)C[C@@H](NC(=O)C[C@H](CC(C)C)NC(=O)CC(CC=C)NC(=O)C[C@@H](NC(C)=O)C(C)C)C(C)C. The van der Waals surface area contributed by atoms with Crippen LogP contribution < -0.4 is 31.9 Å². The summed E-state index contributed by atoms with van der Waals surface area (Å²) >= 11 is 0. The van der Waals surface area contributed by atoms with Gasteiger partial charge in [-0.25, -0.2) is 0 Å². The summed E-state index contributed by atoms with van der Waals surface area (Å²) in [6.07, 6.45) is 4.03. The summed E-state index contributed by atoms with van der Waals surface area (Å²) in [4.78, 5) is 88.7. The number of rotatable bonds is 30. The van der Waals surface area contributed by atoms with Gasteiger partial charge in [-0.2, -0.15) is 0 Å². The molecule has 0 aromatic rings. The average molecular weight is 793 g/mol. The Kier molecular flexibility index (Phi) is 26.0. The topological polar surface area (TPSA) is 221 Å². The molecule has 0 radical (unpaired) electrons. The van der Waals surface area contributed by atoms with Crippen LogP contribution in [0, 0.1) is 23.7 Å². The van der Waals surface area contributed by atoms with E-state index in [2.05, 4.69) is 45.1 Å². The van der Waals surface area contributed by atoms with Gasteiger partial charge < -0.3 is 41.7 Å². The van der Waals surface area contributed by atoms with Crippen molar-refractivity contribution in [2.75, 3.05) is 13.2 Å². The third kappa shape index (κ3) is 25.7. The van der Waals surface area contributed by atoms with E-state index in [9.17, 15) is 38.7 Å². The van der Waals surface area contributed by atoms with Crippen molar-refractivity contribution in [3.63, 3.8) is 0 Å². The minimum absolute atomic E-state index is 0.0150. The Labute approximate surface area is 334 Å². The maximum Gasteiger partial charge on any atom is 0.305 e. The number of carbonyl (C=O) groups is 7. The van der Waals surface area contributed by atoms with Gasteiger partial charge >= 0.3 is 5.97 Å². The molecule has 1 unspecified atom stereocenters. The molecule has 7 N–H and O–H groups in total. The maximum absolute atomic E-state index is 13.4. The first-order valence-corrected chi connectivity index (χ1v) is 19.9. The summed E-state index contributed by atoms with van der Waals surface area (Å²) in [6, 6.07) is -3.25. The van der Waals surface area contributed by atoms with Crippen molar-refractivity contribution in [1.29, 1.82) is 0 Å². The molecule has 0 heterocycles. The Morgan fingerprint density at radius 1 is 0.536 bits per heavy atom. The third-order valence-electron chi connectivity index (χ3n) is 8.85. The predicted octanol–water partition coefficient (Wildman–Crippen LogP) is 3.52. The second kappa shape index (κ2) is 28.2. The summed E-state index contributed by atoms with van der Waals surface area (Å²) in [5.74, 6) is -2.89. The van der Waals surface area contributed by atoms with E-state index in [0.717, 1.165) is 0 Å². The fourth-order valence-corrected chi connectivity index (χ4v) is 6.23. The van der Waals surface area contributed by atoms with E-state index in [1.54, 1.807) is 12.2 Å². The first-order chi connectivity index (χ1) is 26.1. The van der Waals surface area contributed by atoms with Gasteiger partial charge in [-0.15, -0.1) is 13.2 Å². The number of nitrogens with one attached hydrogen (secondary N) is 6.